The van der Waals surface area contributed by atoms with Gasteiger partial charge in [-0.1, -0.05) is 30.3 Å². The predicted molar refractivity (Wildman–Crippen MR) is 133 cm³/mol. The molecule has 6 rings (SSSR count). The average molecular weight is 503 g/mol. The van der Waals surface area contributed by atoms with Crippen molar-refractivity contribution in [2.24, 2.45) is 0 Å². The number of furan rings is 1. The predicted octanol–water partition coefficient (Wildman–Crippen LogP) is 1.74. The normalized spacial score (nSPS) is 17.1. The van der Waals surface area contributed by atoms with Crippen molar-refractivity contribution in [3.63, 3.8) is 0 Å². The second-order valence-corrected chi connectivity index (χ2v) is 9.37. The zero-order chi connectivity index (χ0) is 25.6. The van der Waals surface area contributed by atoms with Gasteiger partial charge in [-0.15, -0.1) is 5.10 Å². The molecule has 1 aliphatic rings. The van der Waals surface area contributed by atoms with E-state index in [9.17, 15) is 9.90 Å². The monoisotopic (exact) mass is 502 g/mol. The number of carbonyl (C=O) groups excluding carboxylic acids is 1. The fourth-order valence-electron chi connectivity index (χ4n) is 4.70. The number of nitrogens with zero attached hydrogens (tertiary/aromatic N) is 6. The number of fused-ring (bicyclic) bond motifs is 3. The van der Waals surface area contributed by atoms with Gasteiger partial charge in [0.1, 0.15) is 0 Å². The van der Waals surface area contributed by atoms with E-state index in [-0.39, 0.29) is 18.4 Å². The lowest BCUT2D eigenvalue weighted by molar-refractivity contribution is -0.130. The standard InChI is InChI=1S/C25H26N8O4/c1-24(16-6-3-2-4-7-16,22(34)27-15-25(35)9-12-36-13-10-25)33-21-17(14-28-33)20-29-19(18-8-5-11-37-18)31-32(20)23(26)30-21/h2-8,11,14,35H,9-10,12-13,15H2,1H3,(H2,26,30)(H,27,34). The van der Waals surface area contributed by atoms with Crippen molar-refractivity contribution in [2.75, 3.05) is 25.5 Å². The molecule has 0 aliphatic carbocycles. The van der Waals surface area contributed by atoms with Crippen LogP contribution < -0.4 is 11.1 Å². The molecular weight excluding hydrogens is 476 g/mol. The van der Waals surface area contributed by atoms with Crippen molar-refractivity contribution >= 4 is 28.5 Å². The smallest absolute Gasteiger partial charge is 0.252 e. The van der Waals surface area contributed by atoms with Gasteiger partial charge in [-0.3, -0.25) is 4.79 Å². The van der Waals surface area contributed by atoms with Crippen LogP contribution in [0.4, 0.5) is 5.95 Å². The van der Waals surface area contributed by atoms with Crippen molar-refractivity contribution in [1.29, 1.82) is 0 Å². The molecule has 5 heterocycles. The van der Waals surface area contributed by atoms with Crippen LogP contribution in [-0.2, 0) is 15.1 Å². The molecule has 1 aromatic carbocycles. The van der Waals surface area contributed by atoms with E-state index in [1.807, 2.05) is 30.3 Å². The van der Waals surface area contributed by atoms with Crippen molar-refractivity contribution in [2.45, 2.75) is 30.9 Å². The molecule has 0 spiro atoms. The summed E-state index contributed by atoms with van der Waals surface area (Å²) < 4.78 is 13.8. The van der Waals surface area contributed by atoms with Gasteiger partial charge in [0.25, 0.3) is 5.91 Å². The van der Waals surface area contributed by atoms with Gasteiger partial charge in [-0.2, -0.15) is 14.6 Å². The Kier molecular flexibility index (Phi) is 5.42. The molecule has 1 saturated heterocycles. The number of hydrogen-bond acceptors (Lipinski definition) is 9. The highest BCUT2D eigenvalue weighted by atomic mass is 16.5. The number of carbonyl (C=O) groups is 1. The Morgan fingerprint density at radius 3 is 2.68 bits per heavy atom. The number of anilines is 1. The first-order chi connectivity index (χ1) is 17.9. The number of amides is 1. The summed E-state index contributed by atoms with van der Waals surface area (Å²) in [4.78, 5) is 23.0. The number of nitrogens with two attached hydrogens (primary N) is 1. The van der Waals surface area contributed by atoms with Crippen LogP contribution in [0.2, 0.25) is 0 Å². The first kappa shape index (κ1) is 23.1. The van der Waals surface area contributed by atoms with Crippen molar-refractivity contribution in [3.8, 4) is 11.6 Å². The van der Waals surface area contributed by atoms with Crippen molar-refractivity contribution < 1.29 is 19.1 Å². The Labute approximate surface area is 211 Å². The van der Waals surface area contributed by atoms with Crippen LogP contribution in [-0.4, -0.2) is 65.7 Å². The summed E-state index contributed by atoms with van der Waals surface area (Å²) in [5.74, 6) is 0.582. The summed E-state index contributed by atoms with van der Waals surface area (Å²) in [5.41, 5.74) is 5.43. The van der Waals surface area contributed by atoms with Crippen molar-refractivity contribution in [3.05, 3.63) is 60.5 Å². The third kappa shape index (κ3) is 3.81. The number of aromatic nitrogens is 6. The minimum Gasteiger partial charge on any atom is -0.461 e. The van der Waals surface area contributed by atoms with Crippen LogP contribution in [0.3, 0.4) is 0 Å². The number of nitrogens with one attached hydrogen (secondary N) is 1. The van der Waals surface area contributed by atoms with Gasteiger partial charge in [-0.05, 0) is 24.6 Å². The van der Waals surface area contributed by atoms with E-state index in [2.05, 4.69) is 25.5 Å². The summed E-state index contributed by atoms with van der Waals surface area (Å²) in [6, 6.07) is 12.8. The van der Waals surface area contributed by atoms with E-state index in [1.54, 1.807) is 29.9 Å². The van der Waals surface area contributed by atoms with Crippen LogP contribution in [0.1, 0.15) is 25.3 Å². The molecule has 4 aromatic heterocycles. The largest absolute Gasteiger partial charge is 0.461 e. The van der Waals surface area contributed by atoms with Gasteiger partial charge in [0.05, 0.1) is 23.4 Å². The molecule has 12 nitrogen and oxygen atoms in total. The Morgan fingerprint density at radius 1 is 1.16 bits per heavy atom. The summed E-state index contributed by atoms with van der Waals surface area (Å²) >= 11 is 0. The average Bonchev–Trinajstić information content (AvgIpc) is 3.67. The van der Waals surface area contributed by atoms with Crippen LogP contribution in [0.15, 0.2) is 59.3 Å². The summed E-state index contributed by atoms with van der Waals surface area (Å²) in [6.07, 6.45) is 4.02. The number of ether oxygens (including phenoxy) is 1. The van der Waals surface area contributed by atoms with E-state index in [4.69, 9.17) is 14.9 Å². The highest BCUT2D eigenvalue weighted by Gasteiger charge is 2.41. The highest BCUT2D eigenvalue weighted by molar-refractivity contribution is 5.94. The minimum atomic E-state index is -1.31. The maximum absolute atomic E-state index is 13.9. The summed E-state index contributed by atoms with van der Waals surface area (Å²) in [5, 5.41) is 23.5. The minimum absolute atomic E-state index is 0.0851. The summed E-state index contributed by atoms with van der Waals surface area (Å²) in [7, 11) is 0. The Hall–Kier alpha value is -4.29. The van der Waals surface area contributed by atoms with E-state index >= 15 is 0 Å². The van der Waals surface area contributed by atoms with Gasteiger partial charge < -0.3 is 25.3 Å². The quantitative estimate of drug-likeness (QED) is 0.314. The maximum Gasteiger partial charge on any atom is 0.252 e. The third-order valence-electron chi connectivity index (χ3n) is 6.97. The molecule has 1 unspecified atom stereocenters. The molecule has 0 bridgehead atoms. The van der Waals surface area contributed by atoms with Gasteiger partial charge in [0.2, 0.25) is 11.8 Å². The van der Waals surface area contributed by atoms with E-state index in [0.29, 0.717) is 59.9 Å². The van der Waals surface area contributed by atoms with Crippen LogP contribution in [0.5, 0.6) is 0 Å². The molecule has 12 heteroatoms. The first-order valence-electron chi connectivity index (χ1n) is 12.0. The lowest BCUT2D eigenvalue weighted by Gasteiger charge is -2.35. The maximum atomic E-state index is 13.9. The van der Waals surface area contributed by atoms with Crippen LogP contribution >= 0.6 is 0 Å². The second kappa shape index (κ2) is 8.68. The van der Waals surface area contributed by atoms with Crippen LogP contribution in [0, 0.1) is 0 Å². The van der Waals surface area contributed by atoms with E-state index < -0.39 is 11.1 Å². The molecule has 37 heavy (non-hydrogen) atoms. The molecule has 1 atom stereocenters. The SMILES string of the molecule is CC(C(=O)NCC1(O)CCOCC1)(c1ccccc1)n1ncc2c1nc(N)n1nc(-c3ccco3)nc21. The molecule has 0 saturated carbocycles. The van der Waals surface area contributed by atoms with E-state index in [1.165, 1.54) is 10.8 Å². The van der Waals surface area contributed by atoms with Gasteiger partial charge in [-0.25, -0.2) is 9.67 Å². The lowest BCUT2D eigenvalue weighted by Crippen LogP contribution is -2.53. The Bertz CT molecular complexity index is 1570. The molecular formula is C25H26N8O4. The highest BCUT2D eigenvalue weighted by Crippen LogP contribution is 2.32. The second-order valence-electron chi connectivity index (χ2n) is 9.37. The molecule has 1 amide bonds. The molecule has 190 valence electrons. The van der Waals surface area contributed by atoms with Gasteiger partial charge >= 0.3 is 0 Å². The first-order valence-corrected chi connectivity index (χ1v) is 12.0. The van der Waals surface area contributed by atoms with Crippen molar-refractivity contribution in [1.82, 2.24) is 34.7 Å². The van der Waals surface area contributed by atoms with Gasteiger partial charge in [0.15, 0.2) is 22.6 Å². The fraction of sp³-hybridized carbons (Fsp3) is 0.320. The van der Waals surface area contributed by atoms with Crippen LogP contribution in [0.25, 0.3) is 28.3 Å². The van der Waals surface area contributed by atoms with E-state index in [0.717, 1.165) is 0 Å². The number of aliphatic hydroxyl groups is 1. The molecule has 5 aromatic rings. The molecule has 1 aliphatic heterocycles. The number of nitrogen functional groups attached to an aromatic ring is 1. The fourth-order valence-corrected chi connectivity index (χ4v) is 4.70. The van der Waals surface area contributed by atoms with Gasteiger partial charge in [0, 0.05) is 32.6 Å². The molecule has 0 radical (unpaired) electrons. The lowest BCUT2D eigenvalue weighted by atomic mass is 9.89. The Morgan fingerprint density at radius 2 is 1.95 bits per heavy atom. The molecule has 1 fully saturated rings. The summed E-state index contributed by atoms with van der Waals surface area (Å²) in [6.45, 7) is 2.75. The topological polar surface area (TPSA) is 159 Å². The zero-order valence-electron chi connectivity index (χ0n) is 20.2. The third-order valence-corrected chi connectivity index (χ3v) is 6.97. The molecule has 4 N–H and O–H groups in total. The number of rotatable bonds is 6. The Balaban J connectivity index is 1.46. The zero-order valence-corrected chi connectivity index (χ0v) is 20.2. The number of benzene rings is 1. The number of hydrogen-bond donors (Lipinski definition) is 3.